The molecule has 2 aromatic rings. The molecule has 3 amide bonds. The van der Waals surface area contributed by atoms with Crippen molar-refractivity contribution >= 4 is 29.5 Å². The van der Waals surface area contributed by atoms with Crippen LogP contribution in [0.5, 0.6) is 0 Å². The molecule has 0 aromatic heterocycles. The summed E-state index contributed by atoms with van der Waals surface area (Å²) in [6, 6.07) is 16.1. The first-order valence-electron chi connectivity index (χ1n) is 14.9. The largest absolute Gasteiger partial charge is 0.394 e. The standard InChI is InChI=1S/C31H39N3O11S/c1-16(36)32-23-25(39)27(20(13-35)42-29(23)34-22(38)15-46-19-11-7-4-8-12-19)45-31-24(33-17(2)37)26(40)28-21(43-31)14-41-30(44-28)18-9-5-3-6-10-18/h3-12,20-21,23-31,35,39-40H,13-15H2,1-2H3,(H,32,36)(H,33,37)(H,34,38)/t20-,21-,23-,24-,25-,26-,27-,28-,29-,30?,31+/m1/s1. The van der Waals surface area contributed by atoms with Crippen molar-refractivity contribution in [2.75, 3.05) is 19.0 Å². The summed E-state index contributed by atoms with van der Waals surface area (Å²) in [5.74, 6) is -1.41. The number of ether oxygens (including phenoxy) is 5. The Balaban J connectivity index is 1.30. The van der Waals surface area contributed by atoms with Crippen molar-refractivity contribution in [1.82, 2.24) is 16.0 Å². The Morgan fingerprint density at radius 1 is 0.870 bits per heavy atom. The molecular formula is C31H39N3O11S. The lowest BCUT2D eigenvalue weighted by molar-refractivity contribution is -0.360. The van der Waals surface area contributed by atoms with Crippen molar-refractivity contribution < 1.29 is 53.4 Å². The van der Waals surface area contributed by atoms with E-state index in [0.29, 0.717) is 0 Å². The maximum Gasteiger partial charge on any atom is 0.232 e. The Morgan fingerprint density at radius 3 is 2.17 bits per heavy atom. The summed E-state index contributed by atoms with van der Waals surface area (Å²) in [7, 11) is 0. The van der Waals surface area contributed by atoms with Crippen molar-refractivity contribution in [2.45, 2.75) is 86.3 Å². The van der Waals surface area contributed by atoms with Gasteiger partial charge in [-0.25, -0.2) is 0 Å². The molecule has 11 atom stereocenters. The summed E-state index contributed by atoms with van der Waals surface area (Å²) in [6.45, 7) is 1.88. The lowest BCUT2D eigenvalue weighted by Gasteiger charge is -2.50. The number of hydrogen-bond acceptors (Lipinski definition) is 12. The Morgan fingerprint density at radius 2 is 1.52 bits per heavy atom. The molecule has 0 spiro atoms. The summed E-state index contributed by atoms with van der Waals surface area (Å²) in [5.41, 5.74) is 0.736. The van der Waals surface area contributed by atoms with Gasteiger partial charge in [0.05, 0.1) is 19.0 Å². The number of nitrogens with one attached hydrogen (secondary N) is 3. The summed E-state index contributed by atoms with van der Waals surface area (Å²) < 4.78 is 30.2. The highest BCUT2D eigenvalue weighted by Crippen LogP contribution is 2.36. The van der Waals surface area contributed by atoms with Gasteiger partial charge in [-0.2, -0.15) is 0 Å². The molecule has 0 aliphatic carbocycles. The predicted octanol–water partition coefficient (Wildman–Crippen LogP) is -0.432. The topological polar surface area (TPSA) is 194 Å². The third kappa shape index (κ3) is 8.23. The summed E-state index contributed by atoms with van der Waals surface area (Å²) in [5, 5.41) is 41.0. The normalized spacial score (nSPS) is 34.2. The number of thioether (sulfide) groups is 1. The zero-order chi connectivity index (χ0) is 32.8. The van der Waals surface area contributed by atoms with E-state index in [1.807, 2.05) is 60.7 Å². The van der Waals surface area contributed by atoms with Crippen LogP contribution in [0.2, 0.25) is 0 Å². The van der Waals surface area contributed by atoms with E-state index in [9.17, 15) is 29.7 Å². The van der Waals surface area contributed by atoms with Crippen LogP contribution in [0, 0.1) is 0 Å². The Labute approximate surface area is 270 Å². The van der Waals surface area contributed by atoms with E-state index in [1.165, 1.54) is 25.6 Å². The van der Waals surface area contributed by atoms with E-state index in [0.717, 1.165) is 10.5 Å². The number of rotatable bonds is 10. The molecule has 3 aliphatic rings. The fraction of sp³-hybridized carbons (Fsp3) is 0.516. The molecule has 6 N–H and O–H groups in total. The average Bonchev–Trinajstić information content (AvgIpc) is 3.05. The van der Waals surface area contributed by atoms with E-state index in [2.05, 4.69) is 16.0 Å². The Bertz CT molecular complexity index is 1330. The smallest absolute Gasteiger partial charge is 0.232 e. The van der Waals surface area contributed by atoms with Crippen molar-refractivity contribution in [3.05, 3.63) is 66.2 Å². The van der Waals surface area contributed by atoms with Crippen LogP contribution in [-0.2, 0) is 38.1 Å². The first kappa shape index (κ1) is 34.2. The molecule has 0 bridgehead atoms. The molecule has 2 aromatic carbocycles. The number of carbonyl (C=O) groups is 3. The van der Waals surface area contributed by atoms with Gasteiger partial charge >= 0.3 is 0 Å². The van der Waals surface area contributed by atoms with E-state index in [1.54, 1.807) is 0 Å². The predicted molar refractivity (Wildman–Crippen MR) is 162 cm³/mol. The van der Waals surface area contributed by atoms with Crippen molar-refractivity contribution in [1.29, 1.82) is 0 Å². The maximum absolute atomic E-state index is 12.8. The Hall–Kier alpha value is -3.12. The fourth-order valence-corrected chi connectivity index (χ4v) is 6.42. The number of benzene rings is 2. The molecule has 3 saturated heterocycles. The zero-order valence-electron chi connectivity index (χ0n) is 25.3. The lowest BCUT2D eigenvalue weighted by Crippen LogP contribution is -2.71. The maximum atomic E-state index is 12.8. The third-order valence-corrected chi connectivity index (χ3v) is 8.80. The zero-order valence-corrected chi connectivity index (χ0v) is 26.1. The van der Waals surface area contributed by atoms with Gasteiger partial charge in [0.1, 0.15) is 48.7 Å². The second-order valence-corrected chi connectivity index (χ2v) is 12.2. The molecule has 0 saturated carbocycles. The molecule has 3 fully saturated rings. The molecule has 0 radical (unpaired) electrons. The van der Waals surface area contributed by atoms with Gasteiger partial charge in [0.25, 0.3) is 0 Å². The molecule has 5 rings (SSSR count). The lowest BCUT2D eigenvalue weighted by atomic mass is 9.93. The quantitative estimate of drug-likeness (QED) is 0.180. The van der Waals surface area contributed by atoms with Gasteiger partial charge in [0.2, 0.25) is 17.7 Å². The molecule has 250 valence electrons. The van der Waals surface area contributed by atoms with Crippen molar-refractivity contribution in [3.63, 3.8) is 0 Å². The van der Waals surface area contributed by atoms with Gasteiger partial charge in [-0.3, -0.25) is 14.4 Å². The van der Waals surface area contributed by atoms with Gasteiger partial charge in [0.15, 0.2) is 18.8 Å². The molecule has 1 unspecified atom stereocenters. The minimum absolute atomic E-state index is 0.0186. The highest BCUT2D eigenvalue weighted by molar-refractivity contribution is 8.00. The molecule has 15 heteroatoms. The molecular weight excluding hydrogens is 622 g/mol. The summed E-state index contributed by atoms with van der Waals surface area (Å²) in [6.07, 6.45) is -10.5. The van der Waals surface area contributed by atoms with Gasteiger partial charge in [0, 0.05) is 24.3 Å². The average molecular weight is 662 g/mol. The SMILES string of the molecule is CC(=O)N[C@@H]1[C@@H](O)[C@H](O[C@@H]2O[C@@H]3COC(c4ccccc4)O[C@H]3[C@H](O)[C@H]2NC(C)=O)[C@@H](CO)O[C@H]1NC(=O)CSc1ccccc1. The van der Waals surface area contributed by atoms with E-state index < -0.39 is 91.8 Å². The van der Waals surface area contributed by atoms with Crippen LogP contribution in [0.25, 0.3) is 0 Å². The Kier molecular flexibility index (Phi) is 11.6. The minimum Gasteiger partial charge on any atom is -0.394 e. The monoisotopic (exact) mass is 661 g/mol. The number of fused-ring (bicyclic) bond motifs is 1. The molecule has 14 nitrogen and oxygen atoms in total. The van der Waals surface area contributed by atoms with Crippen molar-refractivity contribution in [3.8, 4) is 0 Å². The summed E-state index contributed by atoms with van der Waals surface area (Å²) in [4.78, 5) is 38.0. The minimum atomic E-state index is -1.53. The number of aliphatic hydroxyl groups is 3. The van der Waals surface area contributed by atoms with E-state index in [4.69, 9.17) is 23.7 Å². The van der Waals surface area contributed by atoms with Crippen LogP contribution < -0.4 is 16.0 Å². The highest BCUT2D eigenvalue weighted by Gasteiger charge is 2.54. The third-order valence-electron chi connectivity index (χ3n) is 7.78. The number of hydrogen-bond donors (Lipinski definition) is 6. The highest BCUT2D eigenvalue weighted by atomic mass is 32.2. The van der Waals surface area contributed by atoms with E-state index >= 15 is 0 Å². The van der Waals surface area contributed by atoms with Gasteiger partial charge in [-0.15, -0.1) is 11.8 Å². The van der Waals surface area contributed by atoms with Gasteiger partial charge < -0.3 is 55.0 Å². The van der Waals surface area contributed by atoms with E-state index in [-0.39, 0.29) is 12.4 Å². The summed E-state index contributed by atoms with van der Waals surface area (Å²) >= 11 is 1.29. The van der Waals surface area contributed by atoms with Gasteiger partial charge in [-0.05, 0) is 12.1 Å². The molecule has 3 aliphatic heterocycles. The number of aliphatic hydroxyl groups excluding tert-OH is 3. The van der Waals surface area contributed by atoms with Crippen LogP contribution in [0.15, 0.2) is 65.6 Å². The van der Waals surface area contributed by atoms with Gasteiger partial charge in [-0.1, -0.05) is 48.5 Å². The molecule has 3 heterocycles. The fourth-order valence-electron chi connectivity index (χ4n) is 5.69. The van der Waals surface area contributed by atoms with Crippen LogP contribution in [0.1, 0.15) is 25.7 Å². The second-order valence-electron chi connectivity index (χ2n) is 11.2. The van der Waals surface area contributed by atoms with Crippen LogP contribution in [-0.4, -0.2) is 113 Å². The first-order chi connectivity index (χ1) is 22.1. The first-order valence-corrected chi connectivity index (χ1v) is 15.9. The van der Waals surface area contributed by atoms with Crippen molar-refractivity contribution in [2.24, 2.45) is 0 Å². The number of amides is 3. The molecule has 46 heavy (non-hydrogen) atoms. The van der Waals surface area contributed by atoms with Crippen LogP contribution in [0.4, 0.5) is 0 Å². The van der Waals surface area contributed by atoms with Crippen LogP contribution in [0.3, 0.4) is 0 Å². The second kappa shape index (κ2) is 15.6. The van der Waals surface area contributed by atoms with Crippen LogP contribution >= 0.6 is 11.8 Å². The number of carbonyl (C=O) groups excluding carboxylic acids is 3.